The van der Waals surface area contributed by atoms with Gasteiger partial charge in [-0.25, -0.2) is 0 Å². The van der Waals surface area contributed by atoms with Crippen molar-refractivity contribution < 1.29 is 15.0 Å². The highest BCUT2D eigenvalue weighted by Gasteiger charge is 2.42. The van der Waals surface area contributed by atoms with Crippen molar-refractivity contribution in [1.82, 2.24) is 15.1 Å². The molecule has 0 saturated heterocycles. The van der Waals surface area contributed by atoms with E-state index in [-0.39, 0.29) is 30.9 Å². The van der Waals surface area contributed by atoms with E-state index in [4.69, 9.17) is 0 Å². The van der Waals surface area contributed by atoms with Gasteiger partial charge in [-0.2, -0.15) is 5.10 Å². The number of aryl methyl sites for hydroxylation is 2. The van der Waals surface area contributed by atoms with E-state index in [1.54, 1.807) is 11.0 Å². The number of nitrogens with one attached hydrogen (secondary N) is 1. The first-order chi connectivity index (χ1) is 14.3. The minimum absolute atomic E-state index is 0.131. The molecule has 3 aromatic rings. The fourth-order valence-corrected chi connectivity index (χ4v) is 4.39. The van der Waals surface area contributed by atoms with E-state index < -0.39 is 0 Å². The van der Waals surface area contributed by atoms with Crippen molar-refractivity contribution >= 4 is 5.91 Å². The first kappa shape index (κ1) is 20.2. The highest BCUT2D eigenvalue weighted by atomic mass is 16.3. The zero-order valence-electron chi connectivity index (χ0n) is 17.7. The highest BCUT2D eigenvalue weighted by Crippen LogP contribution is 2.45. The van der Waals surface area contributed by atoms with Crippen molar-refractivity contribution in [2.24, 2.45) is 0 Å². The standard InChI is InChI=1S/C24H27N3O3/c1-13(2)16-5-7-17(8-6-16)23-20-21(19-15(4)11-14(3)12-18(19)29)25-26-22(20)24(30)27(23)9-10-28/h5-8,11-13,23,28-29H,9-10H2,1-4H3,(H,25,26). The van der Waals surface area contributed by atoms with Crippen molar-refractivity contribution in [3.05, 3.63) is 69.9 Å². The van der Waals surface area contributed by atoms with Crippen LogP contribution in [0.3, 0.4) is 0 Å². The number of hydrogen-bond donors (Lipinski definition) is 3. The molecule has 6 heteroatoms. The van der Waals surface area contributed by atoms with Gasteiger partial charge in [0.15, 0.2) is 0 Å². The molecule has 4 rings (SSSR count). The Morgan fingerprint density at radius 1 is 1.17 bits per heavy atom. The summed E-state index contributed by atoms with van der Waals surface area (Å²) in [5.74, 6) is 0.355. The van der Waals surface area contributed by atoms with Crippen LogP contribution in [0.15, 0.2) is 36.4 Å². The number of carbonyl (C=O) groups is 1. The smallest absolute Gasteiger partial charge is 0.273 e. The average molecular weight is 405 g/mol. The minimum Gasteiger partial charge on any atom is -0.507 e. The third-order valence-electron chi connectivity index (χ3n) is 5.82. The highest BCUT2D eigenvalue weighted by molar-refractivity contribution is 6.00. The monoisotopic (exact) mass is 405 g/mol. The fourth-order valence-electron chi connectivity index (χ4n) is 4.39. The number of amides is 1. The lowest BCUT2D eigenvalue weighted by Crippen LogP contribution is -2.32. The van der Waals surface area contributed by atoms with Crippen LogP contribution in [0, 0.1) is 13.8 Å². The number of hydrogen-bond acceptors (Lipinski definition) is 4. The van der Waals surface area contributed by atoms with Gasteiger partial charge in [0.2, 0.25) is 0 Å². The summed E-state index contributed by atoms with van der Waals surface area (Å²) in [5.41, 5.74) is 6.38. The van der Waals surface area contributed by atoms with Crippen molar-refractivity contribution in [2.45, 2.75) is 39.7 Å². The van der Waals surface area contributed by atoms with E-state index in [1.165, 1.54) is 5.56 Å². The average Bonchev–Trinajstić information content (AvgIpc) is 3.21. The van der Waals surface area contributed by atoms with Crippen LogP contribution in [0.5, 0.6) is 5.75 Å². The van der Waals surface area contributed by atoms with E-state index in [0.29, 0.717) is 22.9 Å². The van der Waals surface area contributed by atoms with Crippen molar-refractivity contribution in [2.75, 3.05) is 13.2 Å². The number of aliphatic hydroxyl groups is 1. The zero-order chi connectivity index (χ0) is 21.6. The van der Waals surface area contributed by atoms with Gasteiger partial charge in [-0.15, -0.1) is 0 Å². The topological polar surface area (TPSA) is 89.5 Å². The second-order valence-corrected chi connectivity index (χ2v) is 8.28. The molecule has 156 valence electrons. The van der Waals surface area contributed by atoms with Gasteiger partial charge in [0.05, 0.1) is 12.6 Å². The molecule has 2 aromatic carbocycles. The van der Waals surface area contributed by atoms with Crippen LogP contribution in [-0.4, -0.2) is 44.4 Å². The van der Waals surface area contributed by atoms with E-state index in [0.717, 1.165) is 22.3 Å². The maximum Gasteiger partial charge on any atom is 0.273 e. The molecule has 0 spiro atoms. The molecular formula is C24H27N3O3. The summed E-state index contributed by atoms with van der Waals surface area (Å²) in [6, 6.07) is 11.5. The van der Waals surface area contributed by atoms with Crippen molar-refractivity contribution in [1.29, 1.82) is 0 Å². The van der Waals surface area contributed by atoms with Gasteiger partial charge >= 0.3 is 0 Å². The van der Waals surface area contributed by atoms with Crippen LogP contribution in [0.4, 0.5) is 0 Å². The molecule has 0 aliphatic carbocycles. The molecule has 3 N–H and O–H groups in total. The number of β-amino-alcohol motifs (C(OH)–C–C–N with tert-alkyl or cyclic N) is 1. The van der Waals surface area contributed by atoms with Crippen LogP contribution in [0.1, 0.15) is 64.1 Å². The molecular weight excluding hydrogens is 378 g/mol. The summed E-state index contributed by atoms with van der Waals surface area (Å²) in [5, 5.41) is 27.6. The predicted octanol–water partition coefficient (Wildman–Crippen LogP) is 4.06. The number of nitrogens with zero attached hydrogens (tertiary/aromatic N) is 2. The molecule has 30 heavy (non-hydrogen) atoms. The summed E-state index contributed by atoms with van der Waals surface area (Å²) in [7, 11) is 0. The van der Waals surface area contributed by atoms with Crippen molar-refractivity contribution in [3.63, 3.8) is 0 Å². The Balaban J connectivity index is 1.90. The molecule has 1 amide bonds. The minimum atomic E-state index is -0.380. The third-order valence-corrected chi connectivity index (χ3v) is 5.82. The molecule has 1 aromatic heterocycles. The van der Waals surface area contributed by atoms with Gasteiger partial charge in [0, 0.05) is 17.7 Å². The first-order valence-corrected chi connectivity index (χ1v) is 10.2. The number of aromatic hydroxyl groups is 1. The summed E-state index contributed by atoms with van der Waals surface area (Å²) < 4.78 is 0. The Morgan fingerprint density at radius 3 is 2.47 bits per heavy atom. The lowest BCUT2D eigenvalue weighted by molar-refractivity contribution is 0.0706. The Labute approximate surface area is 176 Å². The van der Waals surface area contributed by atoms with Crippen LogP contribution >= 0.6 is 0 Å². The summed E-state index contributed by atoms with van der Waals surface area (Å²) in [6.45, 7) is 8.22. The maximum absolute atomic E-state index is 13.1. The Morgan fingerprint density at radius 2 is 1.87 bits per heavy atom. The van der Waals surface area contributed by atoms with Gasteiger partial charge in [0.1, 0.15) is 17.1 Å². The third kappa shape index (κ3) is 3.17. The molecule has 1 unspecified atom stereocenters. The van der Waals surface area contributed by atoms with E-state index >= 15 is 0 Å². The molecule has 1 atom stereocenters. The number of aromatic nitrogens is 2. The summed E-state index contributed by atoms with van der Waals surface area (Å²) in [6.07, 6.45) is 0. The van der Waals surface area contributed by atoms with Crippen molar-refractivity contribution in [3.8, 4) is 17.0 Å². The van der Waals surface area contributed by atoms with Gasteiger partial charge in [0.25, 0.3) is 5.91 Å². The molecule has 0 saturated carbocycles. The molecule has 0 fully saturated rings. The van der Waals surface area contributed by atoms with Gasteiger partial charge in [-0.05, 0) is 48.1 Å². The molecule has 6 nitrogen and oxygen atoms in total. The SMILES string of the molecule is Cc1cc(C)c(-c2n[nH]c3c2C(c2ccc(C(C)C)cc2)N(CCO)C3=O)c(O)c1. The molecule has 1 aliphatic rings. The van der Waals surface area contributed by atoms with E-state index in [2.05, 4.69) is 36.2 Å². The quantitative estimate of drug-likeness (QED) is 0.597. The molecule has 0 bridgehead atoms. The molecule has 1 aliphatic heterocycles. The molecule has 2 heterocycles. The second kappa shape index (κ2) is 7.61. The number of fused-ring (bicyclic) bond motifs is 1. The Bertz CT molecular complexity index is 1080. The Kier molecular flexibility index (Phi) is 5.12. The summed E-state index contributed by atoms with van der Waals surface area (Å²) in [4.78, 5) is 14.8. The number of phenols is 1. The van der Waals surface area contributed by atoms with Crippen LogP contribution in [-0.2, 0) is 0 Å². The number of H-pyrrole nitrogens is 1. The Hall–Kier alpha value is -3.12. The maximum atomic E-state index is 13.1. The number of rotatable bonds is 5. The van der Waals surface area contributed by atoms with Crippen LogP contribution in [0.25, 0.3) is 11.3 Å². The zero-order valence-corrected chi connectivity index (χ0v) is 17.7. The van der Waals surface area contributed by atoms with Gasteiger partial charge in [-0.3, -0.25) is 9.89 Å². The number of aliphatic hydroxyl groups excluding tert-OH is 1. The largest absolute Gasteiger partial charge is 0.507 e. The lowest BCUT2D eigenvalue weighted by Gasteiger charge is -2.26. The van der Waals surface area contributed by atoms with E-state index in [9.17, 15) is 15.0 Å². The number of benzene rings is 2. The number of phenolic OH excluding ortho intramolecular Hbond substituents is 1. The van der Waals surface area contributed by atoms with Crippen LogP contribution in [0.2, 0.25) is 0 Å². The predicted molar refractivity (Wildman–Crippen MR) is 116 cm³/mol. The lowest BCUT2D eigenvalue weighted by atomic mass is 9.92. The molecule has 0 radical (unpaired) electrons. The number of carbonyl (C=O) groups excluding carboxylic acids is 1. The van der Waals surface area contributed by atoms with Gasteiger partial charge < -0.3 is 15.1 Å². The fraction of sp³-hybridized carbons (Fsp3) is 0.333. The first-order valence-electron chi connectivity index (χ1n) is 10.2. The van der Waals surface area contributed by atoms with E-state index in [1.807, 2.05) is 32.0 Å². The van der Waals surface area contributed by atoms with Gasteiger partial charge in [-0.1, -0.05) is 44.2 Å². The van der Waals surface area contributed by atoms with Crippen LogP contribution < -0.4 is 0 Å². The normalized spacial score (nSPS) is 15.9. The second-order valence-electron chi connectivity index (χ2n) is 8.28. The summed E-state index contributed by atoms with van der Waals surface area (Å²) >= 11 is 0. The number of aromatic amines is 1.